The molecule has 0 atom stereocenters. The van der Waals surface area contributed by atoms with Gasteiger partial charge in [-0.2, -0.15) is 0 Å². The second kappa shape index (κ2) is 5.02. The van der Waals surface area contributed by atoms with Gasteiger partial charge in [0.1, 0.15) is 0 Å². The van der Waals surface area contributed by atoms with Crippen molar-refractivity contribution in [3.8, 4) is 11.3 Å². The van der Waals surface area contributed by atoms with Crippen molar-refractivity contribution in [1.82, 2.24) is 4.98 Å². The molecular weight excluding hydrogens is 308 g/mol. The van der Waals surface area contributed by atoms with Crippen LogP contribution in [0.15, 0.2) is 29.6 Å². The number of benzene rings is 1. The van der Waals surface area contributed by atoms with Gasteiger partial charge >= 0.3 is 5.97 Å². The Morgan fingerprint density at radius 2 is 2.14 bits per heavy atom. The van der Waals surface area contributed by atoms with Gasteiger partial charge in [0.2, 0.25) is 0 Å². The van der Waals surface area contributed by atoms with Crippen molar-refractivity contribution >= 4 is 44.7 Å². The molecule has 3 N–H and O–H groups in total. The van der Waals surface area contributed by atoms with E-state index in [0.29, 0.717) is 11.3 Å². The Balaban J connectivity index is 2.28. The molecule has 3 aromatic rings. The molecule has 2 heterocycles. The summed E-state index contributed by atoms with van der Waals surface area (Å²) < 4.78 is 1.16. The molecule has 0 amide bonds. The number of nitrogen functional groups attached to an aromatic ring is 1. The number of halogens is 1. The number of fused-ring (bicyclic) bond motifs is 1. The standard InChI is InChI=1S/C15H11ClN2O2S/c1-7-12(17)11(16)14(15(19)20)18-13(7)9-2-3-10-8(6-9)4-5-21-10/h2-6H,1H3,(H2,17,18)(H,19,20). The molecule has 0 aliphatic rings. The van der Waals surface area contributed by atoms with Crippen molar-refractivity contribution in [1.29, 1.82) is 0 Å². The molecule has 6 heteroatoms. The van der Waals surface area contributed by atoms with E-state index in [9.17, 15) is 9.90 Å². The fourth-order valence-electron chi connectivity index (χ4n) is 2.20. The zero-order chi connectivity index (χ0) is 15.1. The molecule has 0 spiro atoms. The number of carboxylic acids is 1. The maximum atomic E-state index is 11.2. The average Bonchev–Trinajstić information content (AvgIpc) is 2.92. The molecule has 0 unspecified atom stereocenters. The van der Waals surface area contributed by atoms with Crippen LogP contribution in [-0.2, 0) is 0 Å². The van der Waals surface area contributed by atoms with E-state index in [2.05, 4.69) is 4.98 Å². The van der Waals surface area contributed by atoms with Gasteiger partial charge in [-0.15, -0.1) is 11.3 Å². The van der Waals surface area contributed by atoms with Crippen molar-refractivity contribution in [3.63, 3.8) is 0 Å². The van der Waals surface area contributed by atoms with E-state index >= 15 is 0 Å². The Labute approximate surface area is 129 Å². The van der Waals surface area contributed by atoms with Crippen LogP contribution in [-0.4, -0.2) is 16.1 Å². The number of hydrogen-bond donors (Lipinski definition) is 2. The summed E-state index contributed by atoms with van der Waals surface area (Å²) in [6, 6.07) is 7.88. The van der Waals surface area contributed by atoms with Crippen LogP contribution in [0.5, 0.6) is 0 Å². The number of thiophene rings is 1. The molecular formula is C15H11ClN2O2S. The highest BCUT2D eigenvalue weighted by atomic mass is 35.5. The Morgan fingerprint density at radius 1 is 1.38 bits per heavy atom. The zero-order valence-corrected chi connectivity index (χ0v) is 12.6. The van der Waals surface area contributed by atoms with Crippen LogP contribution in [0.25, 0.3) is 21.3 Å². The van der Waals surface area contributed by atoms with E-state index in [4.69, 9.17) is 17.3 Å². The van der Waals surface area contributed by atoms with Crippen molar-refractivity contribution in [3.05, 3.63) is 45.9 Å². The Hall–Kier alpha value is -2.11. The van der Waals surface area contributed by atoms with Gasteiger partial charge in [-0.1, -0.05) is 17.7 Å². The summed E-state index contributed by atoms with van der Waals surface area (Å²) in [5.41, 5.74) is 8.00. The maximum Gasteiger partial charge on any atom is 0.356 e. The third kappa shape index (κ3) is 2.24. The van der Waals surface area contributed by atoms with E-state index < -0.39 is 5.97 Å². The number of aromatic carboxylic acids is 1. The predicted molar refractivity (Wildman–Crippen MR) is 86.2 cm³/mol. The number of carboxylic acid groups (broad SMARTS) is 1. The normalized spacial score (nSPS) is 11.0. The summed E-state index contributed by atoms with van der Waals surface area (Å²) in [5, 5.41) is 12.3. The lowest BCUT2D eigenvalue weighted by molar-refractivity contribution is 0.0691. The SMILES string of the molecule is Cc1c(-c2ccc3sccc3c2)nc(C(=O)O)c(Cl)c1N. The molecule has 21 heavy (non-hydrogen) atoms. The highest BCUT2D eigenvalue weighted by Crippen LogP contribution is 2.34. The largest absolute Gasteiger partial charge is 0.476 e. The molecule has 0 bridgehead atoms. The van der Waals surface area contributed by atoms with Crippen LogP contribution >= 0.6 is 22.9 Å². The van der Waals surface area contributed by atoms with E-state index in [0.717, 1.165) is 15.6 Å². The predicted octanol–water partition coefficient (Wildman–Crippen LogP) is 4.21. The van der Waals surface area contributed by atoms with Crippen molar-refractivity contribution < 1.29 is 9.90 Å². The Kier molecular flexibility index (Phi) is 3.31. The van der Waals surface area contributed by atoms with Gasteiger partial charge in [-0.25, -0.2) is 9.78 Å². The first-order valence-electron chi connectivity index (χ1n) is 6.15. The molecule has 0 radical (unpaired) electrons. The van der Waals surface area contributed by atoms with Crippen molar-refractivity contribution in [2.24, 2.45) is 0 Å². The van der Waals surface area contributed by atoms with Gasteiger partial charge in [-0.3, -0.25) is 0 Å². The quantitative estimate of drug-likeness (QED) is 0.742. The van der Waals surface area contributed by atoms with E-state index in [1.165, 1.54) is 0 Å². The third-order valence-electron chi connectivity index (χ3n) is 3.36. The topological polar surface area (TPSA) is 76.2 Å². The van der Waals surface area contributed by atoms with E-state index in [-0.39, 0.29) is 16.4 Å². The molecule has 3 rings (SSSR count). The Morgan fingerprint density at radius 3 is 2.86 bits per heavy atom. The fraction of sp³-hybridized carbons (Fsp3) is 0.0667. The molecule has 1 aromatic carbocycles. The van der Waals surface area contributed by atoms with E-state index in [1.807, 2.05) is 29.6 Å². The monoisotopic (exact) mass is 318 g/mol. The van der Waals surface area contributed by atoms with Crippen LogP contribution in [0.2, 0.25) is 5.02 Å². The first kappa shape index (κ1) is 13.9. The average molecular weight is 319 g/mol. The second-order valence-electron chi connectivity index (χ2n) is 4.64. The molecule has 0 aliphatic carbocycles. The second-order valence-corrected chi connectivity index (χ2v) is 5.97. The van der Waals surface area contributed by atoms with Gasteiger partial charge < -0.3 is 10.8 Å². The Bertz CT molecular complexity index is 873. The molecule has 0 aliphatic heterocycles. The van der Waals surface area contributed by atoms with Gasteiger partial charge in [0.05, 0.1) is 16.4 Å². The first-order chi connectivity index (χ1) is 9.99. The molecule has 106 valence electrons. The lowest BCUT2D eigenvalue weighted by Gasteiger charge is -2.12. The summed E-state index contributed by atoms with van der Waals surface area (Å²) >= 11 is 7.61. The zero-order valence-electron chi connectivity index (χ0n) is 11.1. The highest BCUT2D eigenvalue weighted by molar-refractivity contribution is 7.17. The van der Waals surface area contributed by atoms with Gasteiger partial charge in [0.25, 0.3) is 0 Å². The van der Waals surface area contributed by atoms with Crippen molar-refractivity contribution in [2.45, 2.75) is 6.92 Å². The van der Waals surface area contributed by atoms with Crippen LogP contribution in [0.3, 0.4) is 0 Å². The molecule has 0 saturated heterocycles. The number of aromatic nitrogens is 1. The molecule has 4 nitrogen and oxygen atoms in total. The summed E-state index contributed by atoms with van der Waals surface area (Å²) in [4.78, 5) is 15.4. The number of carbonyl (C=O) groups is 1. The van der Waals surface area contributed by atoms with Crippen LogP contribution in [0, 0.1) is 6.92 Å². The maximum absolute atomic E-state index is 11.2. The third-order valence-corrected chi connectivity index (χ3v) is 4.64. The van der Waals surface area contributed by atoms with Gasteiger partial charge in [-0.05, 0) is 41.5 Å². The van der Waals surface area contributed by atoms with Crippen LogP contribution in [0.4, 0.5) is 5.69 Å². The lowest BCUT2D eigenvalue weighted by atomic mass is 10.0. The number of hydrogen-bond acceptors (Lipinski definition) is 4. The highest BCUT2D eigenvalue weighted by Gasteiger charge is 2.19. The summed E-state index contributed by atoms with van der Waals surface area (Å²) in [6.07, 6.45) is 0. The van der Waals surface area contributed by atoms with Crippen LogP contribution in [0.1, 0.15) is 16.1 Å². The molecule has 0 fully saturated rings. The van der Waals surface area contributed by atoms with Gasteiger partial charge in [0.15, 0.2) is 5.69 Å². The number of rotatable bonds is 2. The summed E-state index contributed by atoms with van der Waals surface area (Å²) in [7, 11) is 0. The smallest absolute Gasteiger partial charge is 0.356 e. The number of nitrogens with two attached hydrogens (primary N) is 1. The van der Waals surface area contributed by atoms with Crippen molar-refractivity contribution in [2.75, 3.05) is 5.73 Å². The minimum Gasteiger partial charge on any atom is -0.476 e. The van der Waals surface area contributed by atoms with Crippen LogP contribution < -0.4 is 5.73 Å². The van der Waals surface area contributed by atoms with E-state index in [1.54, 1.807) is 18.3 Å². The number of anilines is 1. The minimum absolute atomic E-state index is 0.0136. The minimum atomic E-state index is -1.19. The molecule has 2 aromatic heterocycles. The first-order valence-corrected chi connectivity index (χ1v) is 7.41. The van der Waals surface area contributed by atoms with Gasteiger partial charge in [0, 0.05) is 10.3 Å². The lowest BCUT2D eigenvalue weighted by Crippen LogP contribution is -2.07. The number of pyridine rings is 1. The fourth-order valence-corrected chi connectivity index (χ4v) is 3.24. The number of nitrogens with zero attached hydrogens (tertiary/aromatic N) is 1. The summed E-state index contributed by atoms with van der Waals surface area (Å²) in [6.45, 7) is 1.78. The molecule has 0 saturated carbocycles. The summed E-state index contributed by atoms with van der Waals surface area (Å²) in [5.74, 6) is -1.19.